The molecule has 0 aliphatic rings. The van der Waals surface area contributed by atoms with Gasteiger partial charge < -0.3 is 14.9 Å². The summed E-state index contributed by atoms with van der Waals surface area (Å²) in [7, 11) is 0. The van der Waals surface area contributed by atoms with E-state index in [1.807, 2.05) is 12.1 Å². The lowest BCUT2D eigenvalue weighted by atomic mass is 10.1. The molecule has 0 aliphatic carbocycles. The highest BCUT2D eigenvalue weighted by Crippen LogP contribution is 2.18. The standard InChI is InChI=1S/C11H12O4/c12-7-5-9-3-1-2-4-10(9)15-8-6-11(13)14/h1-4,6,8,12H,5,7H2,(H,13,14). The second-order valence-corrected chi connectivity index (χ2v) is 2.84. The van der Waals surface area contributed by atoms with Gasteiger partial charge in [0, 0.05) is 6.61 Å². The SMILES string of the molecule is O=C(O)C=COc1ccccc1CCO. The van der Waals surface area contributed by atoms with Crippen LogP contribution in [0.1, 0.15) is 5.56 Å². The molecule has 0 unspecified atom stereocenters. The average Bonchev–Trinajstić information content (AvgIpc) is 2.20. The van der Waals surface area contributed by atoms with Crippen LogP contribution in [0.25, 0.3) is 0 Å². The van der Waals surface area contributed by atoms with E-state index in [2.05, 4.69) is 0 Å². The molecule has 1 rings (SSSR count). The fourth-order valence-electron chi connectivity index (χ4n) is 1.11. The van der Waals surface area contributed by atoms with Crippen LogP contribution in [0.5, 0.6) is 5.75 Å². The fourth-order valence-corrected chi connectivity index (χ4v) is 1.11. The highest BCUT2D eigenvalue weighted by molar-refractivity contribution is 5.79. The lowest BCUT2D eigenvalue weighted by Gasteiger charge is -2.05. The minimum Gasteiger partial charge on any atom is -0.478 e. The van der Waals surface area contributed by atoms with Crippen LogP contribution in [-0.2, 0) is 11.2 Å². The summed E-state index contributed by atoms with van der Waals surface area (Å²) >= 11 is 0. The first kappa shape index (κ1) is 11.3. The maximum atomic E-state index is 10.2. The smallest absolute Gasteiger partial charge is 0.331 e. The van der Waals surface area contributed by atoms with E-state index >= 15 is 0 Å². The summed E-state index contributed by atoms with van der Waals surface area (Å²) in [5, 5.41) is 17.1. The monoisotopic (exact) mass is 208 g/mol. The number of aliphatic carboxylic acids is 1. The van der Waals surface area contributed by atoms with Gasteiger partial charge in [-0.15, -0.1) is 0 Å². The van der Waals surface area contributed by atoms with Gasteiger partial charge in [-0.1, -0.05) is 18.2 Å². The molecule has 0 heterocycles. The van der Waals surface area contributed by atoms with E-state index in [9.17, 15) is 4.79 Å². The molecule has 80 valence electrons. The third kappa shape index (κ3) is 3.83. The van der Waals surface area contributed by atoms with Crippen molar-refractivity contribution >= 4 is 5.97 Å². The molecule has 0 amide bonds. The summed E-state index contributed by atoms with van der Waals surface area (Å²) < 4.78 is 5.13. The van der Waals surface area contributed by atoms with Crippen LogP contribution in [-0.4, -0.2) is 22.8 Å². The Balaban J connectivity index is 2.70. The van der Waals surface area contributed by atoms with Crippen molar-refractivity contribution in [1.29, 1.82) is 0 Å². The van der Waals surface area contributed by atoms with E-state index < -0.39 is 5.97 Å². The fraction of sp³-hybridized carbons (Fsp3) is 0.182. The summed E-state index contributed by atoms with van der Waals surface area (Å²) in [6, 6.07) is 7.15. The molecule has 0 bridgehead atoms. The van der Waals surface area contributed by atoms with Crippen LogP contribution in [0.2, 0.25) is 0 Å². The lowest BCUT2D eigenvalue weighted by Crippen LogP contribution is -1.95. The molecule has 2 N–H and O–H groups in total. The molecule has 0 saturated heterocycles. The molecule has 0 aromatic heterocycles. The van der Waals surface area contributed by atoms with Crippen LogP contribution in [0.15, 0.2) is 36.6 Å². The number of hydrogen-bond donors (Lipinski definition) is 2. The minimum atomic E-state index is -1.06. The minimum absolute atomic E-state index is 0.0308. The maximum Gasteiger partial charge on any atom is 0.331 e. The van der Waals surface area contributed by atoms with Crippen molar-refractivity contribution in [2.75, 3.05) is 6.61 Å². The number of para-hydroxylation sites is 1. The Labute approximate surface area is 87.4 Å². The van der Waals surface area contributed by atoms with Crippen molar-refractivity contribution in [3.63, 3.8) is 0 Å². The van der Waals surface area contributed by atoms with Gasteiger partial charge in [0.1, 0.15) is 5.75 Å². The molecule has 1 aromatic carbocycles. The molecular weight excluding hydrogens is 196 g/mol. The zero-order valence-electron chi connectivity index (χ0n) is 8.09. The number of rotatable bonds is 5. The van der Waals surface area contributed by atoms with Crippen LogP contribution in [0.4, 0.5) is 0 Å². The van der Waals surface area contributed by atoms with Gasteiger partial charge in [-0.05, 0) is 18.1 Å². The Kier molecular flexibility index (Phi) is 4.37. The summed E-state index contributed by atoms with van der Waals surface area (Å²) in [6.45, 7) is 0.0308. The van der Waals surface area contributed by atoms with Crippen molar-refractivity contribution in [3.05, 3.63) is 42.2 Å². The molecule has 0 spiro atoms. The topological polar surface area (TPSA) is 66.8 Å². The van der Waals surface area contributed by atoms with Gasteiger partial charge in [0.25, 0.3) is 0 Å². The lowest BCUT2D eigenvalue weighted by molar-refractivity contribution is -0.131. The molecule has 0 saturated carbocycles. The van der Waals surface area contributed by atoms with Crippen LogP contribution in [0.3, 0.4) is 0 Å². The number of hydrogen-bond acceptors (Lipinski definition) is 3. The Morgan fingerprint density at radius 1 is 1.40 bits per heavy atom. The zero-order valence-corrected chi connectivity index (χ0v) is 8.09. The quantitative estimate of drug-likeness (QED) is 0.563. The highest BCUT2D eigenvalue weighted by Gasteiger charge is 2.00. The maximum absolute atomic E-state index is 10.2. The van der Waals surface area contributed by atoms with Crippen LogP contribution in [0, 0.1) is 0 Å². The average molecular weight is 208 g/mol. The first-order chi connectivity index (χ1) is 7.24. The largest absolute Gasteiger partial charge is 0.478 e. The number of aliphatic hydroxyl groups is 1. The molecular formula is C11H12O4. The Morgan fingerprint density at radius 3 is 2.80 bits per heavy atom. The van der Waals surface area contributed by atoms with E-state index in [4.69, 9.17) is 14.9 Å². The Morgan fingerprint density at radius 2 is 2.13 bits per heavy atom. The van der Waals surface area contributed by atoms with E-state index in [-0.39, 0.29) is 6.61 Å². The molecule has 0 aliphatic heterocycles. The van der Waals surface area contributed by atoms with E-state index in [0.717, 1.165) is 17.9 Å². The number of ether oxygens (including phenoxy) is 1. The molecule has 0 radical (unpaired) electrons. The van der Waals surface area contributed by atoms with Gasteiger partial charge in [0.05, 0.1) is 12.3 Å². The number of carboxylic acid groups (broad SMARTS) is 1. The summed E-state index contributed by atoms with van der Waals surface area (Å²) in [5.41, 5.74) is 0.843. The van der Waals surface area contributed by atoms with Gasteiger partial charge in [0.2, 0.25) is 0 Å². The predicted octanol–water partition coefficient (Wildman–Crippen LogP) is 1.20. The van der Waals surface area contributed by atoms with Crippen molar-refractivity contribution in [3.8, 4) is 5.75 Å². The highest BCUT2D eigenvalue weighted by atomic mass is 16.5. The summed E-state index contributed by atoms with van der Waals surface area (Å²) in [5.74, 6) is -0.501. The first-order valence-corrected chi connectivity index (χ1v) is 4.49. The van der Waals surface area contributed by atoms with Crippen molar-refractivity contribution in [2.24, 2.45) is 0 Å². The van der Waals surface area contributed by atoms with Gasteiger partial charge in [-0.2, -0.15) is 0 Å². The molecule has 4 nitrogen and oxygen atoms in total. The second-order valence-electron chi connectivity index (χ2n) is 2.84. The van der Waals surface area contributed by atoms with Crippen LogP contribution < -0.4 is 4.74 Å². The molecule has 0 atom stereocenters. The normalized spacial score (nSPS) is 10.5. The van der Waals surface area contributed by atoms with Crippen LogP contribution >= 0.6 is 0 Å². The Hall–Kier alpha value is -1.81. The molecule has 15 heavy (non-hydrogen) atoms. The molecule has 0 fully saturated rings. The molecule has 4 heteroatoms. The van der Waals surface area contributed by atoms with Gasteiger partial charge >= 0.3 is 5.97 Å². The van der Waals surface area contributed by atoms with Gasteiger partial charge in [-0.25, -0.2) is 4.79 Å². The number of benzene rings is 1. The first-order valence-electron chi connectivity index (χ1n) is 4.49. The third-order valence-electron chi connectivity index (χ3n) is 1.76. The number of carboxylic acids is 1. The van der Waals surface area contributed by atoms with Gasteiger partial charge in [-0.3, -0.25) is 0 Å². The summed E-state index contributed by atoms with van der Waals surface area (Å²) in [6.07, 6.45) is 2.51. The van der Waals surface area contributed by atoms with Gasteiger partial charge in [0.15, 0.2) is 0 Å². The molecule has 1 aromatic rings. The van der Waals surface area contributed by atoms with E-state index in [1.165, 1.54) is 0 Å². The second kappa shape index (κ2) is 5.82. The summed E-state index contributed by atoms with van der Waals surface area (Å²) in [4.78, 5) is 10.2. The number of carbonyl (C=O) groups is 1. The predicted molar refractivity (Wildman–Crippen MR) is 54.6 cm³/mol. The third-order valence-corrected chi connectivity index (χ3v) is 1.76. The number of aliphatic hydroxyl groups excluding tert-OH is 1. The van der Waals surface area contributed by atoms with E-state index in [1.54, 1.807) is 12.1 Å². The van der Waals surface area contributed by atoms with Crippen molar-refractivity contribution in [2.45, 2.75) is 6.42 Å². The Bertz CT molecular complexity index is 357. The van der Waals surface area contributed by atoms with E-state index in [0.29, 0.717) is 12.2 Å². The van der Waals surface area contributed by atoms with Crippen molar-refractivity contribution < 1.29 is 19.7 Å². The zero-order chi connectivity index (χ0) is 11.1. The van der Waals surface area contributed by atoms with Crippen molar-refractivity contribution in [1.82, 2.24) is 0 Å².